The Labute approximate surface area is 95.5 Å². The lowest BCUT2D eigenvalue weighted by Gasteiger charge is -2.19. The lowest BCUT2D eigenvalue weighted by molar-refractivity contribution is 0.135. The molecule has 0 aromatic heterocycles. The molecule has 0 amide bonds. The smallest absolute Gasteiger partial charge is 0.0667 e. The minimum Gasteiger partial charge on any atom is -0.392 e. The molecule has 0 radical (unpaired) electrons. The molecule has 0 aliphatic carbocycles. The molecule has 2 N–H and O–H groups in total. The van der Waals surface area contributed by atoms with Crippen molar-refractivity contribution < 1.29 is 5.11 Å². The van der Waals surface area contributed by atoms with Gasteiger partial charge in [-0.3, -0.25) is 0 Å². The van der Waals surface area contributed by atoms with Gasteiger partial charge in [0.05, 0.1) is 6.10 Å². The Hall–Kier alpha value is -0.0800. The maximum absolute atomic E-state index is 9.81. The quantitative estimate of drug-likeness (QED) is 0.549. The van der Waals surface area contributed by atoms with Crippen molar-refractivity contribution in [2.45, 2.75) is 65.4 Å². The van der Waals surface area contributed by atoms with Crippen LogP contribution < -0.4 is 5.32 Å². The molecule has 0 bridgehead atoms. The molecule has 0 saturated carbocycles. The number of rotatable bonds is 10. The molecule has 0 saturated heterocycles. The molecule has 0 aromatic rings. The summed E-state index contributed by atoms with van der Waals surface area (Å²) in [5.74, 6) is 0.711. The first-order chi connectivity index (χ1) is 7.24. The minimum atomic E-state index is -0.154. The van der Waals surface area contributed by atoms with E-state index < -0.39 is 0 Å². The molecule has 2 nitrogen and oxygen atoms in total. The summed E-state index contributed by atoms with van der Waals surface area (Å²) in [5.41, 5.74) is 0. The van der Waals surface area contributed by atoms with Gasteiger partial charge >= 0.3 is 0 Å². The van der Waals surface area contributed by atoms with E-state index in [4.69, 9.17) is 0 Å². The molecule has 92 valence electrons. The van der Waals surface area contributed by atoms with Crippen molar-refractivity contribution in [1.82, 2.24) is 5.32 Å². The molecular formula is C13H29NO. The van der Waals surface area contributed by atoms with Crippen LogP contribution in [0.25, 0.3) is 0 Å². The zero-order valence-electron chi connectivity index (χ0n) is 10.8. The van der Waals surface area contributed by atoms with Gasteiger partial charge in [0.1, 0.15) is 0 Å². The maximum Gasteiger partial charge on any atom is 0.0667 e. The summed E-state index contributed by atoms with van der Waals surface area (Å²) >= 11 is 0. The first-order valence-electron chi connectivity index (χ1n) is 6.63. The van der Waals surface area contributed by atoms with Crippen molar-refractivity contribution in [2.24, 2.45) is 5.92 Å². The van der Waals surface area contributed by atoms with E-state index in [1.54, 1.807) is 0 Å². The fraction of sp³-hybridized carbons (Fsp3) is 1.00. The van der Waals surface area contributed by atoms with Crippen molar-refractivity contribution in [2.75, 3.05) is 13.1 Å². The van der Waals surface area contributed by atoms with Crippen molar-refractivity contribution >= 4 is 0 Å². The van der Waals surface area contributed by atoms with Crippen LogP contribution in [0.15, 0.2) is 0 Å². The van der Waals surface area contributed by atoms with E-state index in [0.717, 1.165) is 25.9 Å². The van der Waals surface area contributed by atoms with Gasteiger partial charge in [-0.2, -0.15) is 0 Å². The van der Waals surface area contributed by atoms with Crippen LogP contribution in [0, 0.1) is 5.92 Å². The van der Waals surface area contributed by atoms with Gasteiger partial charge in [0.15, 0.2) is 0 Å². The van der Waals surface area contributed by atoms with E-state index in [1.165, 1.54) is 25.7 Å². The molecule has 0 aliphatic heterocycles. The second-order valence-corrected chi connectivity index (χ2v) is 4.51. The van der Waals surface area contributed by atoms with Crippen molar-refractivity contribution in [3.63, 3.8) is 0 Å². The summed E-state index contributed by atoms with van der Waals surface area (Å²) in [5, 5.41) is 13.1. The number of aliphatic hydroxyl groups excluding tert-OH is 1. The fourth-order valence-corrected chi connectivity index (χ4v) is 1.89. The number of aliphatic hydroxyl groups is 1. The van der Waals surface area contributed by atoms with Gasteiger partial charge in [0.25, 0.3) is 0 Å². The van der Waals surface area contributed by atoms with Gasteiger partial charge in [-0.15, -0.1) is 0 Å². The molecule has 2 atom stereocenters. The normalized spacial score (nSPS) is 15.2. The third-order valence-electron chi connectivity index (χ3n) is 2.96. The van der Waals surface area contributed by atoms with Gasteiger partial charge in [0, 0.05) is 6.54 Å². The van der Waals surface area contributed by atoms with Crippen LogP contribution in [0.5, 0.6) is 0 Å². The predicted octanol–water partition coefficient (Wildman–Crippen LogP) is 2.95. The van der Waals surface area contributed by atoms with Crippen LogP contribution in [-0.2, 0) is 0 Å². The van der Waals surface area contributed by atoms with Gasteiger partial charge < -0.3 is 10.4 Å². The monoisotopic (exact) mass is 215 g/mol. The summed E-state index contributed by atoms with van der Waals surface area (Å²) in [6.45, 7) is 8.38. The first kappa shape index (κ1) is 14.9. The van der Waals surface area contributed by atoms with E-state index in [0.29, 0.717) is 5.92 Å². The summed E-state index contributed by atoms with van der Waals surface area (Å²) in [7, 11) is 0. The SMILES string of the molecule is CCCCC(CC)CC(O)CNCCC. The van der Waals surface area contributed by atoms with E-state index in [-0.39, 0.29) is 6.10 Å². The topological polar surface area (TPSA) is 32.3 Å². The second-order valence-electron chi connectivity index (χ2n) is 4.51. The molecule has 2 unspecified atom stereocenters. The lowest BCUT2D eigenvalue weighted by atomic mass is 9.93. The van der Waals surface area contributed by atoms with E-state index in [2.05, 4.69) is 26.1 Å². The molecule has 0 aliphatic rings. The van der Waals surface area contributed by atoms with Crippen LogP contribution in [0.1, 0.15) is 59.3 Å². The fourth-order valence-electron chi connectivity index (χ4n) is 1.89. The number of hydrogen-bond acceptors (Lipinski definition) is 2. The van der Waals surface area contributed by atoms with Gasteiger partial charge in [-0.1, -0.05) is 46.5 Å². The Morgan fingerprint density at radius 1 is 1.13 bits per heavy atom. The highest BCUT2D eigenvalue weighted by Crippen LogP contribution is 2.18. The molecule has 0 fully saturated rings. The van der Waals surface area contributed by atoms with Crippen molar-refractivity contribution in [3.8, 4) is 0 Å². The Bertz CT molecular complexity index is 128. The summed E-state index contributed by atoms with van der Waals surface area (Å²) in [6, 6.07) is 0. The Balaban J connectivity index is 3.55. The van der Waals surface area contributed by atoms with E-state index in [1.807, 2.05) is 0 Å². The molecule has 0 heterocycles. The summed E-state index contributed by atoms with van der Waals surface area (Å²) in [4.78, 5) is 0. The third-order valence-corrected chi connectivity index (χ3v) is 2.96. The maximum atomic E-state index is 9.81. The highest BCUT2D eigenvalue weighted by atomic mass is 16.3. The standard InChI is InChI=1S/C13H29NO/c1-4-7-8-12(6-3)10-13(15)11-14-9-5-2/h12-15H,4-11H2,1-3H3. The van der Waals surface area contributed by atoms with Crippen molar-refractivity contribution in [1.29, 1.82) is 0 Å². The average molecular weight is 215 g/mol. The average Bonchev–Trinajstić information content (AvgIpc) is 2.24. The van der Waals surface area contributed by atoms with Crippen LogP contribution in [-0.4, -0.2) is 24.3 Å². The number of nitrogens with one attached hydrogen (secondary N) is 1. The molecule has 0 rings (SSSR count). The molecule has 15 heavy (non-hydrogen) atoms. The van der Waals surface area contributed by atoms with Crippen LogP contribution >= 0.6 is 0 Å². The number of unbranched alkanes of at least 4 members (excludes halogenated alkanes) is 1. The zero-order valence-corrected chi connectivity index (χ0v) is 10.8. The van der Waals surface area contributed by atoms with Crippen LogP contribution in [0.4, 0.5) is 0 Å². The predicted molar refractivity (Wildman–Crippen MR) is 67.1 cm³/mol. The second kappa shape index (κ2) is 10.4. The lowest BCUT2D eigenvalue weighted by Crippen LogP contribution is -2.29. The molecular weight excluding hydrogens is 186 g/mol. The van der Waals surface area contributed by atoms with Crippen LogP contribution in [0.3, 0.4) is 0 Å². The summed E-state index contributed by atoms with van der Waals surface area (Å²) in [6.07, 6.45) is 6.99. The van der Waals surface area contributed by atoms with Gasteiger partial charge in [0.2, 0.25) is 0 Å². The van der Waals surface area contributed by atoms with Crippen LogP contribution in [0.2, 0.25) is 0 Å². The molecule has 0 spiro atoms. The van der Waals surface area contributed by atoms with Gasteiger partial charge in [-0.05, 0) is 25.3 Å². The first-order valence-corrected chi connectivity index (χ1v) is 6.63. The molecule has 2 heteroatoms. The van der Waals surface area contributed by atoms with E-state index in [9.17, 15) is 5.11 Å². The summed E-state index contributed by atoms with van der Waals surface area (Å²) < 4.78 is 0. The minimum absolute atomic E-state index is 0.154. The highest BCUT2D eigenvalue weighted by molar-refractivity contribution is 4.66. The van der Waals surface area contributed by atoms with E-state index >= 15 is 0 Å². The Morgan fingerprint density at radius 2 is 1.87 bits per heavy atom. The third kappa shape index (κ3) is 8.88. The Morgan fingerprint density at radius 3 is 2.40 bits per heavy atom. The largest absolute Gasteiger partial charge is 0.392 e. The Kier molecular flexibility index (Phi) is 10.4. The van der Waals surface area contributed by atoms with Gasteiger partial charge in [-0.25, -0.2) is 0 Å². The number of hydrogen-bond donors (Lipinski definition) is 2. The zero-order chi connectivity index (χ0) is 11.5. The highest BCUT2D eigenvalue weighted by Gasteiger charge is 2.11. The molecule has 0 aromatic carbocycles. The van der Waals surface area contributed by atoms with Crippen molar-refractivity contribution in [3.05, 3.63) is 0 Å².